The van der Waals surface area contributed by atoms with Crippen LogP contribution in [0, 0.1) is 11.7 Å². The van der Waals surface area contributed by atoms with E-state index in [1.54, 1.807) is 0 Å². The molecular formula is C15H23FN2O. The Balaban J connectivity index is 1.96. The lowest BCUT2D eigenvalue weighted by Gasteiger charge is -2.32. The lowest BCUT2D eigenvalue weighted by atomic mass is 9.95. The molecule has 0 amide bonds. The van der Waals surface area contributed by atoms with Gasteiger partial charge in [-0.25, -0.2) is 4.39 Å². The van der Waals surface area contributed by atoms with Crippen LogP contribution in [0.2, 0.25) is 0 Å². The van der Waals surface area contributed by atoms with Crippen LogP contribution < -0.4 is 5.73 Å². The molecule has 4 heteroatoms. The van der Waals surface area contributed by atoms with Gasteiger partial charge in [0.25, 0.3) is 0 Å². The van der Waals surface area contributed by atoms with Gasteiger partial charge in [-0.15, -0.1) is 0 Å². The first kappa shape index (κ1) is 14.4. The van der Waals surface area contributed by atoms with Gasteiger partial charge in [-0.05, 0) is 43.4 Å². The maximum absolute atomic E-state index is 13.9. The van der Waals surface area contributed by atoms with Crippen molar-refractivity contribution in [3.8, 4) is 0 Å². The number of benzene rings is 1. The van der Waals surface area contributed by atoms with Crippen molar-refractivity contribution in [3.63, 3.8) is 0 Å². The van der Waals surface area contributed by atoms with E-state index in [9.17, 15) is 4.39 Å². The molecule has 1 heterocycles. The molecule has 0 aromatic heterocycles. The highest BCUT2D eigenvalue weighted by Gasteiger charge is 2.20. The fraction of sp³-hybridized carbons (Fsp3) is 0.600. The van der Waals surface area contributed by atoms with Crippen molar-refractivity contribution in [2.45, 2.75) is 32.4 Å². The second kappa shape index (κ2) is 6.98. The van der Waals surface area contributed by atoms with Crippen LogP contribution in [0.5, 0.6) is 0 Å². The number of halogens is 1. The Morgan fingerprint density at radius 2 is 2.26 bits per heavy atom. The Labute approximate surface area is 114 Å². The molecule has 0 radical (unpaired) electrons. The van der Waals surface area contributed by atoms with Gasteiger partial charge < -0.3 is 10.8 Å². The maximum atomic E-state index is 13.9. The Kier molecular flexibility index (Phi) is 5.31. The summed E-state index contributed by atoms with van der Waals surface area (Å²) in [6, 6.07) is 5.27. The highest BCUT2D eigenvalue weighted by Crippen LogP contribution is 2.22. The average Bonchev–Trinajstić information content (AvgIpc) is 2.42. The van der Waals surface area contributed by atoms with E-state index in [0.717, 1.165) is 37.1 Å². The van der Waals surface area contributed by atoms with Crippen LogP contribution in [0.15, 0.2) is 18.2 Å². The van der Waals surface area contributed by atoms with Gasteiger partial charge in [0.15, 0.2) is 0 Å². The van der Waals surface area contributed by atoms with E-state index in [-0.39, 0.29) is 12.4 Å². The molecule has 2 rings (SSSR count). The third kappa shape index (κ3) is 4.00. The highest BCUT2D eigenvalue weighted by atomic mass is 19.1. The zero-order valence-corrected chi connectivity index (χ0v) is 11.3. The number of rotatable bonds is 5. The van der Waals surface area contributed by atoms with Crippen LogP contribution in [-0.4, -0.2) is 29.7 Å². The first-order chi connectivity index (χ1) is 9.22. The van der Waals surface area contributed by atoms with Crippen molar-refractivity contribution in [2.75, 3.05) is 19.7 Å². The summed E-state index contributed by atoms with van der Waals surface area (Å²) in [5.41, 5.74) is 7.07. The molecule has 1 atom stereocenters. The molecule has 1 aliphatic rings. The van der Waals surface area contributed by atoms with E-state index in [2.05, 4.69) is 4.90 Å². The summed E-state index contributed by atoms with van der Waals surface area (Å²) in [5, 5.41) is 9.01. The van der Waals surface area contributed by atoms with E-state index in [4.69, 9.17) is 10.8 Å². The molecule has 1 aromatic carbocycles. The minimum atomic E-state index is -0.160. The first-order valence-corrected chi connectivity index (χ1v) is 7.03. The van der Waals surface area contributed by atoms with Crippen molar-refractivity contribution in [1.29, 1.82) is 0 Å². The number of aliphatic hydroxyl groups is 1. The average molecular weight is 266 g/mol. The molecule has 0 saturated carbocycles. The van der Waals surface area contributed by atoms with Gasteiger partial charge in [0, 0.05) is 31.8 Å². The third-order valence-corrected chi connectivity index (χ3v) is 3.89. The molecule has 0 bridgehead atoms. The van der Waals surface area contributed by atoms with Crippen molar-refractivity contribution >= 4 is 0 Å². The van der Waals surface area contributed by atoms with Crippen LogP contribution in [0.1, 0.15) is 30.4 Å². The fourth-order valence-electron chi connectivity index (χ4n) is 2.80. The molecule has 1 saturated heterocycles. The first-order valence-electron chi connectivity index (χ1n) is 7.03. The third-order valence-electron chi connectivity index (χ3n) is 3.89. The second-order valence-corrected chi connectivity index (χ2v) is 5.39. The van der Waals surface area contributed by atoms with E-state index in [1.807, 2.05) is 12.1 Å². The fourth-order valence-corrected chi connectivity index (χ4v) is 2.80. The molecule has 1 fully saturated rings. The summed E-state index contributed by atoms with van der Waals surface area (Å²) in [6.07, 6.45) is 3.16. The number of likely N-dealkylation sites (tertiary alicyclic amines) is 1. The van der Waals surface area contributed by atoms with Crippen molar-refractivity contribution < 1.29 is 9.50 Å². The summed E-state index contributed by atoms with van der Waals surface area (Å²) >= 11 is 0. The quantitative estimate of drug-likeness (QED) is 0.855. The Hall–Kier alpha value is -0.970. The monoisotopic (exact) mass is 266 g/mol. The topological polar surface area (TPSA) is 49.5 Å². The lowest BCUT2D eigenvalue weighted by molar-refractivity contribution is 0.141. The Morgan fingerprint density at radius 1 is 1.42 bits per heavy atom. The molecule has 3 nitrogen and oxygen atoms in total. The van der Waals surface area contributed by atoms with Gasteiger partial charge in [-0.1, -0.05) is 12.1 Å². The molecule has 1 unspecified atom stereocenters. The largest absolute Gasteiger partial charge is 0.396 e. The molecule has 106 valence electrons. The predicted molar refractivity (Wildman–Crippen MR) is 74.0 cm³/mol. The summed E-state index contributed by atoms with van der Waals surface area (Å²) in [7, 11) is 0. The van der Waals surface area contributed by atoms with Crippen molar-refractivity contribution in [2.24, 2.45) is 11.7 Å². The second-order valence-electron chi connectivity index (χ2n) is 5.39. The summed E-state index contributed by atoms with van der Waals surface area (Å²) in [4.78, 5) is 2.28. The maximum Gasteiger partial charge on any atom is 0.128 e. The number of hydrogen-bond acceptors (Lipinski definition) is 3. The van der Waals surface area contributed by atoms with E-state index in [0.29, 0.717) is 19.0 Å². The van der Waals surface area contributed by atoms with Gasteiger partial charge in [-0.2, -0.15) is 0 Å². The molecular weight excluding hydrogens is 243 g/mol. The zero-order valence-electron chi connectivity index (χ0n) is 11.3. The smallest absolute Gasteiger partial charge is 0.128 e. The van der Waals surface area contributed by atoms with Crippen LogP contribution in [0.4, 0.5) is 4.39 Å². The van der Waals surface area contributed by atoms with Gasteiger partial charge in [0.2, 0.25) is 0 Å². The molecule has 1 aliphatic heterocycles. The van der Waals surface area contributed by atoms with Crippen molar-refractivity contribution in [3.05, 3.63) is 35.1 Å². The number of hydrogen-bond donors (Lipinski definition) is 2. The SMILES string of the molecule is NCc1ccc(CN2CCCC(CCO)C2)c(F)c1. The number of nitrogens with two attached hydrogens (primary N) is 1. The minimum Gasteiger partial charge on any atom is -0.396 e. The minimum absolute atomic E-state index is 0.160. The number of piperidine rings is 1. The summed E-state index contributed by atoms with van der Waals surface area (Å²) in [5.74, 6) is 0.386. The predicted octanol–water partition coefficient (Wildman–Crippen LogP) is 1.88. The van der Waals surface area contributed by atoms with E-state index in [1.165, 1.54) is 12.5 Å². The summed E-state index contributed by atoms with van der Waals surface area (Å²) < 4.78 is 13.9. The van der Waals surface area contributed by atoms with Gasteiger partial charge in [0.05, 0.1) is 0 Å². The van der Waals surface area contributed by atoms with Crippen LogP contribution in [-0.2, 0) is 13.1 Å². The Morgan fingerprint density at radius 3 is 2.95 bits per heavy atom. The highest BCUT2D eigenvalue weighted by molar-refractivity contribution is 5.24. The molecule has 0 spiro atoms. The van der Waals surface area contributed by atoms with E-state index < -0.39 is 0 Å². The number of nitrogens with zero attached hydrogens (tertiary/aromatic N) is 1. The van der Waals surface area contributed by atoms with Gasteiger partial charge in [0.1, 0.15) is 5.82 Å². The zero-order chi connectivity index (χ0) is 13.7. The normalized spacial score (nSPS) is 20.7. The lowest BCUT2D eigenvalue weighted by Crippen LogP contribution is -2.35. The summed E-state index contributed by atoms with van der Waals surface area (Å²) in [6.45, 7) is 3.24. The molecule has 0 aliphatic carbocycles. The van der Waals surface area contributed by atoms with Crippen LogP contribution in [0.3, 0.4) is 0 Å². The number of aliphatic hydroxyl groups excluding tert-OH is 1. The standard InChI is InChI=1S/C15H23FN2O/c16-15-8-13(9-17)3-4-14(15)11-18-6-1-2-12(10-18)5-7-19/h3-4,8,12,19H,1-2,5-7,9-11,17H2. The van der Waals surface area contributed by atoms with Gasteiger partial charge in [-0.3, -0.25) is 4.90 Å². The van der Waals surface area contributed by atoms with Crippen LogP contribution in [0.25, 0.3) is 0 Å². The molecule has 3 N–H and O–H groups in total. The van der Waals surface area contributed by atoms with Gasteiger partial charge >= 0.3 is 0 Å². The molecule has 1 aromatic rings. The van der Waals surface area contributed by atoms with E-state index >= 15 is 0 Å². The van der Waals surface area contributed by atoms with Crippen molar-refractivity contribution in [1.82, 2.24) is 4.90 Å². The Bertz CT molecular complexity index is 409. The van der Waals surface area contributed by atoms with Crippen LogP contribution >= 0.6 is 0 Å². The molecule has 19 heavy (non-hydrogen) atoms.